The summed E-state index contributed by atoms with van der Waals surface area (Å²) < 4.78 is 6.81. The number of anilines is 1. The van der Waals surface area contributed by atoms with Crippen molar-refractivity contribution in [3.05, 3.63) is 58.6 Å². The van der Waals surface area contributed by atoms with Crippen LogP contribution in [0.15, 0.2) is 58.0 Å². The first-order valence-electron chi connectivity index (χ1n) is 8.64. The lowest BCUT2D eigenvalue weighted by molar-refractivity contribution is -0.114. The zero-order valence-corrected chi connectivity index (χ0v) is 20.2. The molecule has 2 aromatic rings. The maximum atomic E-state index is 11.1. The van der Waals surface area contributed by atoms with E-state index in [1.54, 1.807) is 13.1 Å². The molecule has 28 heavy (non-hydrogen) atoms. The number of aliphatic imine (C=N–C) groups is 1. The molecule has 0 saturated carbocycles. The van der Waals surface area contributed by atoms with Gasteiger partial charge in [-0.25, -0.2) is 0 Å². The third-order valence-corrected chi connectivity index (χ3v) is 4.24. The highest BCUT2D eigenvalue weighted by molar-refractivity contribution is 14.0. The van der Waals surface area contributed by atoms with Crippen LogP contribution in [-0.4, -0.2) is 44.0 Å². The molecule has 0 saturated heterocycles. The minimum Gasteiger partial charge on any atom is -0.492 e. The summed E-state index contributed by atoms with van der Waals surface area (Å²) in [5, 5.41) is 6.03. The van der Waals surface area contributed by atoms with E-state index in [2.05, 4.69) is 48.6 Å². The normalized spacial score (nSPS) is 10.6. The second kappa shape index (κ2) is 12.6. The summed E-state index contributed by atoms with van der Waals surface area (Å²) in [5.74, 6) is 1.40. The molecular formula is C20H26BrIN4O2. The van der Waals surface area contributed by atoms with E-state index < -0.39 is 0 Å². The number of guanidine groups is 1. The van der Waals surface area contributed by atoms with Crippen LogP contribution in [0.5, 0.6) is 5.75 Å². The van der Waals surface area contributed by atoms with E-state index in [1.807, 2.05) is 37.4 Å². The molecule has 0 atom stereocenters. The Labute approximate surface area is 191 Å². The van der Waals surface area contributed by atoms with Crippen molar-refractivity contribution >= 4 is 57.5 Å². The molecule has 0 spiro atoms. The molecule has 8 heteroatoms. The largest absolute Gasteiger partial charge is 0.492 e. The smallest absolute Gasteiger partial charge is 0.221 e. The molecule has 0 heterocycles. The molecule has 0 aliphatic rings. The fraction of sp³-hybridized carbons (Fsp3) is 0.300. The molecule has 0 bridgehead atoms. The van der Waals surface area contributed by atoms with Gasteiger partial charge in [-0.15, -0.1) is 24.0 Å². The Kier molecular flexibility index (Phi) is 10.9. The van der Waals surface area contributed by atoms with Crippen molar-refractivity contribution in [1.82, 2.24) is 10.2 Å². The first kappa shape index (κ1) is 24.2. The number of hydrogen-bond donors (Lipinski definition) is 2. The highest BCUT2D eigenvalue weighted by atomic mass is 127. The Hall–Kier alpha value is -1.81. The minimum absolute atomic E-state index is 0. The van der Waals surface area contributed by atoms with Crippen LogP contribution in [0.3, 0.4) is 0 Å². The monoisotopic (exact) mass is 560 g/mol. The van der Waals surface area contributed by atoms with Crippen LogP contribution in [0.4, 0.5) is 5.69 Å². The molecular weight excluding hydrogens is 535 g/mol. The summed E-state index contributed by atoms with van der Waals surface area (Å²) in [6.07, 6.45) is 0. The van der Waals surface area contributed by atoms with Gasteiger partial charge in [0.25, 0.3) is 0 Å². The van der Waals surface area contributed by atoms with Crippen LogP contribution in [0.25, 0.3) is 0 Å². The van der Waals surface area contributed by atoms with Gasteiger partial charge in [0.2, 0.25) is 5.91 Å². The summed E-state index contributed by atoms with van der Waals surface area (Å²) in [5.41, 5.74) is 1.92. The number of ether oxygens (including phenoxy) is 1. The number of halogens is 2. The summed E-state index contributed by atoms with van der Waals surface area (Å²) in [6, 6.07) is 15.6. The van der Waals surface area contributed by atoms with E-state index in [0.29, 0.717) is 18.9 Å². The van der Waals surface area contributed by atoms with Gasteiger partial charge < -0.3 is 20.3 Å². The summed E-state index contributed by atoms with van der Waals surface area (Å²) in [6.45, 7) is 3.33. The van der Waals surface area contributed by atoms with Crippen LogP contribution < -0.4 is 15.4 Å². The van der Waals surface area contributed by atoms with E-state index in [4.69, 9.17) is 4.74 Å². The van der Waals surface area contributed by atoms with Gasteiger partial charge in [0.15, 0.2) is 5.96 Å². The number of nitrogens with zero attached hydrogens (tertiary/aromatic N) is 2. The van der Waals surface area contributed by atoms with Gasteiger partial charge >= 0.3 is 0 Å². The minimum atomic E-state index is -0.105. The SMILES string of the molecule is CN=C(NCCOc1cccc(NC(C)=O)c1)N(C)Cc1ccc(Br)cc1.I. The van der Waals surface area contributed by atoms with Crippen LogP contribution in [0.2, 0.25) is 0 Å². The Morgan fingerprint density at radius 3 is 2.57 bits per heavy atom. The van der Waals surface area contributed by atoms with Crippen molar-refractivity contribution in [3.63, 3.8) is 0 Å². The molecule has 2 aromatic carbocycles. The first-order chi connectivity index (χ1) is 13.0. The van der Waals surface area contributed by atoms with Gasteiger partial charge in [0.1, 0.15) is 12.4 Å². The second-order valence-electron chi connectivity index (χ2n) is 6.01. The quantitative estimate of drug-likeness (QED) is 0.231. The summed E-state index contributed by atoms with van der Waals surface area (Å²) in [4.78, 5) is 17.5. The van der Waals surface area contributed by atoms with E-state index in [1.165, 1.54) is 12.5 Å². The van der Waals surface area contributed by atoms with Crippen LogP contribution in [0.1, 0.15) is 12.5 Å². The summed E-state index contributed by atoms with van der Waals surface area (Å²) in [7, 11) is 3.76. The average Bonchev–Trinajstić information content (AvgIpc) is 2.63. The fourth-order valence-electron chi connectivity index (χ4n) is 2.52. The predicted molar refractivity (Wildman–Crippen MR) is 129 cm³/mol. The maximum absolute atomic E-state index is 11.1. The van der Waals surface area contributed by atoms with Crippen LogP contribution in [0, 0.1) is 0 Å². The number of nitrogens with one attached hydrogen (secondary N) is 2. The third-order valence-electron chi connectivity index (χ3n) is 3.71. The second-order valence-corrected chi connectivity index (χ2v) is 6.93. The predicted octanol–water partition coefficient (Wildman–Crippen LogP) is 4.11. The van der Waals surface area contributed by atoms with E-state index >= 15 is 0 Å². The molecule has 6 nitrogen and oxygen atoms in total. The Balaban J connectivity index is 0.00000392. The highest BCUT2D eigenvalue weighted by Gasteiger charge is 2.06. The maximum Gasteiger partial charge on any atom is 0.221 e. The van der Waals surface area contributed by atoms with Crippen LogP contribution >= 0.6 is 39.9 Å². The van der Waals surface area contributed by atoms with Crippen molar-refractivity contribution in [3.8, 4) is 5.75 Å². The Morgan fingerprint density at radius 1 is 1.21 bits per heavy atom. The van der Waals surface area contributed by atoms with E-state index in [9.17, 15) is 4.79 Å². The molecule has 0 aliphatic heterocycles. The zero-order valence-electron chi connectivity index (χ0n) is 16.2. The van der Waals surface area contributed by atoms with Gasteiger partial charge in [-0.3, -0.25) is 9.79 Å². The molecule has 1 amide bonds. The van der Waals surface area contributed by atoms with Crippen molar-refractivity contribution in [1.29, 1.82) is 0 Å². The molecule has 0 aliphatic carbocycles. The molecule has 152 valence electrons. The molecule has 0 aromatic heterocycles. The summed E-state index contributed by atoms with van der Waals surface area (Å²) >= 11 is 3.45. The van der Waals surface area contributed by atoms with E-state index in [-0.39, 0.29) is 29.9 Å². The van der Waals surface area contributed by atoms with Gasteiger partial charge in [-0.2, -0.15) is 0 Å². The van der Waals surface area contributed by atoms with E-state index in [0.717, 1.165) is 22.7 Å². The van der Waals surface area contributed by atoms with Gasteiger partial charge in [0.05, 0.1) is 6.54 Å². The van der Waals surface area contributed by atoms with Crippen molar-refractivity contribution in [2.24, 2.45) is 4.99 Å². The number of rotatable bonds is 7. The highest BCUT2D eigenvalue weighted by Crippen LogP contribution is 2.17. The Bertz CT molecular complexity index is 784. The molecule has 2 N–H and O–H groups in total. The number of carbonyl (C=O) groups excluding carboxylic acids is 1. The van der Waals surface area contributed by atoms with Gasteiger partial charge in [0, 0.05) is 43.8 Å². The number of amides is 1. The zero-order chi connectivity index (χ0) is 19.6. The number of hydrogen-bond acceptors (Lipinski definition) is 3. The lowest BCUT2D eigenvalue weighted by Gasteiger charge is -2.22. The number of carbonyl (C=O) groups is 1. The average molecular weight is 561 g/mol. The third kappa shape index (κ3) is 8.47. The fourth-order valence-corrected chi connectivity index (χ4v) is 2.79. The number of benzene rings is 2. The molecule has 0 fully saturated rings. The van der Waals surface area contributed by atoms with Crippen molar-refractivity contribution in [2.75, 3.05) is 32.6 Å². The van der Waals surface area contributed by atoms with Crippen molar-refractivity contribution in [2.45, 2.75) is 13.5 Å². The lowest BCUT2D eigenvalue weighted by atomic mass is 10.2. The molecule has 0 unspecified atom stereocenters. The first-order valence-corrected chi connectivity index (χ1v) is 9.44. The van der Waals surface area contributed by atoms with Gasteiger partial charge in [-0.1, -0.05) is 34.1 Å². The van der Waals surface area contributed by atoms with Crippen molar-refractivity contribution < 1.29 is 9.53 Å². The van der Waals surface area contributed by atoms with Crippen LogP contribution in [-0.2, 0) is 11.3 Å². The topological polar surface area (TPSA) is 66.0 Å². The molecule has 2 rings (SSSR count). The Morgan fingerprint density at radius 2 is 1.93 bits per heavy atom. The van der Waals surface area contributed by atoms with Gasteiger partial charge in [-0.05, 0) is 29.8 Å². The lowest BCUT2D eigenvalue weighted by Crippen LogP contribution is -2.40. The molecule has 0 radical (unpaired) electrons. The standard InChI is InChI=1S/C20H25BrN4O2.HI/c1-15(26)24-18-5-4-6-19(13-18)27-12-11-23-20(22-2)25(3)14-16-7-9-17(21)10-8-16;/h4-10,13H,11-12,14H2,1-3H3,(H,22,23)(H,24,26);1H.